The van der Waals surface area contributed by atoms with Crippen LogP contribution in [0.15, 0.2) is 182 Å². The maximum atomic E-state index is 7.26. The second-order valence-electron chi connectivity index (χ2n) is 15.5. The Kier molecular flexibility index (Phi) is 8.12. The molecule has 6 heteroatoms. The van der Waals surface area contributed by atoms with E-state index in [1.807, 2.05) is 13.0 Å². The quantitative estimate of drug-likeness (QED) is 0.124. The van der Waals surface area contributed by atoms with Gasteiger partial charge in [0.05, 0.1) is 27.8 Å². The van der Waals surface area contributed by atoms with Gasteiger partial charge in [0.25, 0.3) is 0 Å². The van der Waals surface area contributed by atoms with Gasteiger partial charge in [0.1, 0.15) is 5.82 Å². The van der Waals surface area contributed by atoms with Gasteiger partial charge in [-0.3, -0.25) is 9.55 Å². The molecular formula is C53H42N6. The number of aromatic nitrogens is 2. The van der Waals surface area contributed by atoms with Crippen LogP contribution in [0, 0.1) is 0 Å². The fraction of sp³-hybridized carbons (Fsp3) is 0.0755. The Hall–Kier alpha value is -7.57. The third-order valence-electron chi connectivity index (χ3n) is 12.3. The Balaban J connectivity index is 0.992. The highest BCUT2D eigenvalue weighted by Gasteiger charge is 2.54. The summed E-state index contributed by atoms with van der Waals surface area (Å²) in [5.41, 5.74) is 27.4. The molecule has 2 aromatic heterocycles. The van der Waals surface area contributed by atoms with Crippen molar-refractivity contribution in [1.29, 1.82) is 0 Å². The molecule has 1 atom stereocenters. The standard InChI is InChI=1S/C53H42N6/c1-2-12-42-50-51(49-43(32-57-50)40-16-7-9-18-45(40)53(49)44-17-8-6-15-39(44)41-29-30-55-33-46(41)53)59(52(42)54)38-27-23-36(24-28-38)35-21-25-37(26-22-35)58-48-20-11-10-19-47(48)56-31-34-13-4-3-5-14-34/h2-30,32,55-56,58H,31,33,54H2,1H3. The molecule has 0 bridgehead atoms. The van der Waals surface area contributed by atoms with E-state index in [0.717, 1.165) is 69.1 Å². The Morgan fingerprint density at radius 3 is 2.15 bits per heavy atom. The van der Waals surface area contributed by atoms with E-state index >= 15 is 0 Å². The van der Waals surface area contributed by atoms with E-state index in [2.05, 4.69) is 197 Å². The van der Waals surface area contributed by atoms with Crippen molar-refractivity contribution in [3.05, 3.63) is 215 Å². The molecular weight excluding hydrogens is 721 g/mol. The van der Waals surface area contributed by atoms with Crippen molar-refractivity contribution in [1.82, 2.24) is 14.9 Å². The van der Waals surface area contributed by atoms with E-state index in [4.69, 9.17) is 10.7 Å². The van der Waals surface area contributed by atoms with Crippen LogP contribution in [0.4, 0.5) is 22.9 Å². The molecule has 3 heterocycles. The van der Waals surface area contributed by atoms with Crippen LogP contribution in [0.25, 0.3) is 50.6 Å². The van der Waals surface area contributed by atoms with Gasteiger partial charge < -0.3 is 21.7 Å². The normalized spacial score (nSPS) is 15.9. The Morgan fingerprint density at radius 1 is 0.729 bits per heavy atom. The van der Waals surface area contributed by atoms with Gasteiger partial charge in [-0.25, -0.2) is 0 Å². The van der Waals surface area contributed by atoms with Gasteiger partial charge in [-0.1, -0.05) is 127 Å². The first-order valence-electron chi connectivity index (χ1n) is 20.3. The van der Waals surface area contributed by atoms with Crippen molar-refractivity contribution in [2.75, 3.05) is 22.9 Å². The van der Waals surface area contributed by atoms with Crippen molar-refractivity contribution >= 4 is 45.6 Å². The zero-order valence-electron chi connectivity index (χ0n) is 32.7. The molecule has 1 aliphatic heterocycles. The molecule has 1 spiro atoms. The molecule has 0 fully saturated rings. The third kappa shape index (κ3) is 5.30. The van der Waals surface area contributed by atoms with Crippen molar-refractivity contribution in [3.8, 4) is 27.9 Å². The second kappa shape index (κ2) is 13.8. The molecule has 2 aliphatic carbocycles. The summed E-state index contributed by atoms with van der Waals surface area (Å²) in [5.74, 6) is 0.675. The van der Waals surface area contributed by atoms with Crippen molar-refractivity contribution < 1.29 is 0 Å². The minimum atomic E-state index is -0.513. The Labute approximate surface area is 344 Å². The van der Waals surface area contributed by atoms with Gasteiger partial charge in [-0.15, -0.1) is 0 Å². The van der Waals surface area contributed by atoms with E-state index in [-0.39, 0.29) is 0 Å². The number of hydrogen-bond donors (Lipinski definition) is 4. The minimum Gasteiger partial charge on any atom is -0.387 e. The van der Waals surface area contributed by atoms with Gasteiger partial charge in [0.15, 0.2) is 0 Å². The molecule has 3 aliphatic rings. The molecule has 284 valence electrons. The number of nitrogens with one attached hydrogen (secondary N) is 3. The Bertz CT molecular complexity index is 3020. The van der Waals surface area contributed by atoms with Crippen LogP contribution < -0.4 is 21.7 Å². The number of anilines is 4. The largest absolute Gasteiger partial charge is 0.387 e. The van der Waals surface area contributed by atoms with E-state index in [9.17, 15) is 0 Å². The summed E-state index contributed by atoms with van der Waals surface area (Å²) in [6.07, 6.45) is 10.6. The first-order chi connectivity index (χ1) is 29.1. The zero-order chi connectivity index (χ0) is 39.5. The molecule has 11 rings (SSSR count). The van der Waals surface area contributed by atoms with Gasteiger partial charge in [0.2, 0.25) is 0 Å². The lowest BCUT2D eigenvalue weighted by atomic mass is 9.69. The highest BCUT2D eigenvalue weighted by Crippen LogP contribution is 2.63. The summed E-state index contributed by atoms with van der Waals surface area (Å²) < 4.78 is 2.25. The van der Waals surface area contributed by atoms with Crippen LogP contribution in [0.1, 0.15) is 40.3 Å². The van der Waals surface area contributed by atoms with Crippen LogP contribution in [0.5, 0.6) is 0 Å². The number of benzene rings is 6. The molecule has 5 N–H and O–H groups in total. The molecule has 8 aromatic rings. The van der Waals surface area contributed by atoms with E-state index in [1.165, 1.54) is 44.5 Å². The monoisotopic (exact) mass is 762 g/mol. The number of nitrogens with two attached hydrogens (primary N) is 1. The number of para-hydroxylation sites is 2. The van der Waals surface area contributed by atoms with Crippen LogP contribution in [-0.4, -0.2) is 16.1 Å². The van der Waals surface area contributed by atoms with Crippen LogP contribution in [0.2, 0.25) is 0 Å². The molecule has 0 amide bonds. The number of pyridine rings is 1. The molecule has 0 saturated carbocycles. The van der Waals surface area contributed by atoms with Crippen molar-refractivity contribution in [2.45, 2.75) is 18.9 Å². The van der Waals surface area contributed by atoms with Crippen LogP contribution in [-0.2, 0) is 12.0 Å². The average molecular weight is 763 g/mol. The van der Waals surface area contributed by atoms with Crippen molar-refractivity contribution in [3.63, 3.8) is 0 Å². The number of dihydropyridines is 1. The van der Waals surface area contributed by atoms with E-state index < -0.39 is 5.41 Å². The summed E-state index contributed by atoms with van der Waals surface area (Å²) in [7, 11) is 0. The second-order valence-corrected chi connectivity index (χ2v) is 15.5. The molecule has 59 heavy (non-hydrogen) atoms. The molecule has 6 aromatic carbocycles. The number of nitrogen functional groups attached to an aromatic ring is 1. The predicted molar refractivity (Wildman–Crippen MR) is 245 cm³/mol. The first kappa shape index (κ1) is 34.7. The fourth-order valence-corrected chi connectivity index (χ4v) is 9.77. The highest BCUT2D eigenvalue weighted by molar-refractivity contribution is 6.06. The van der Waals surface area contributed by atoms with Gasteiger partial charge in [0, 0.05) is 47.4 Å². The predicted octanol–water partition coefficient (Wildman–Crippen LogP) is 11.9. The SMILES string of the molecule is CC=Cc1c(N)n(-c2ccc(-c3ccc(Nc4ccccc4NCc4ccccc4)cc3)cc2)c2c3c(cnc12)-c1ccccc1C31C2=C(C=CNC2)c2ccccc21. The average Bonchev–Trinajstić information content (AvgIpc) is 3.87. The van der Waals surface area contributed by atoms with Crippen LogP contribution in [0.3, 0.4) is 0 Å². The fourth-order valence-electron chi connectivity index (χ4n) is 9.77. The third-order valence-corrected chi connectivity index (χ3v) is 12.3. The maximum absolute atomic E-state index is 7.26. The molecule has 0 radical (unpaired) electrons. The Morgan fingerprint density at radius 2 is 1.39 bits per heavy atom. The maximum Gasteiger partial charge on any atom is 0.118 e. The minimum absolute atomic E-state index is 0.513. The number of hydrogen-bond acceptors (Lipinski definition) is 5. The van der Waals surface area contributed by atoms with E-state index in [1.54, 1.807) is 0 Å². The summed E-state index contributed by atoms with van der Waals surface area (Å²) in [4.78, 5) is 5.22. The zero-order valence-corrected chi connectivity index (χ0v) is 32.7. The highest BCUT2D eigenvalue weighted by atomic mass is 15.1. The summed E-state index contributed by atoms with van der Waals surface area (Å²) in [5, 5.41) is 10.8. The van der Waals surface area contributed by atoms with Crippen molar-refractivity contribution in [2.24, 2.45) is 0 Å². The number of fused-ring (bicyclic) bond motifs is 11. The molecule has 6 nitrogen and oxygen atoms in total. The smallest absolute Gasteiger partial charge is 0.118 e. The summed E-state index contributed by atoms with van der Waals surface area (Å²) >= 11 is 0. The molecule has 0 saturated heterocycles. The van der Waals surface area contributed by atoms with Crippen LogP contribution >= 0.6 is 0 Å². The van der Waals surface area contributed by atoms with Gasteiger partial charge in [-0.05, 0) is 106 Å². The number of allylic oxidation sites excluding steroid dienone is 3. The summed E-state index contributed by atoms with van der Waals surface area (Å²) in [6, 6.07) is 54.0. The topological polar surface area (TPSA) is 79.9 Å². The first-order valence-corrected chi connectivity index (χ1v) is 20.3. The van der Waals surface area contributed by atoms with Gasteiger partial charge in [-0.2, -0.15) is 0 Å². The molecule has 1 unspecified atom stereocenters. The lowest BCUT2D eigenvalue weighted by Crippen LogP contribution is -2.33. The number of rotatable bonds is 8. The lowest BCUT2D eigenvalue weighted by molar-refractivity contribution is 0.719. The van der Waals surface area contributed by atoms with Gasteiger partial charge >= 0.3 is 0 Å². The van der Waals surface area contributed by atoms with E-state index in [0.29, 0.717) is 5.82 Å². The lowest BCUT2D eigenvalue weighted by Gasteiger charge is -2.34. The number of nitrogens with zero attached hydrogens (tertiary/aromatic N) is 2. The summed E-state index contributed by atoms with van der Waals surface area (Å²) in [6.45, 7) is 3.54.